The summed E-state index contributed by atoms with van der Waals surface area (Å²) in [6.45, 7) is 5.68. The molecule has 5 heteroatoms. The van der Waals surface area contributed by atoms with Crippen LogP contribution in [0.2, 0.25) is 0 Å². The van der Waals surface area contributed by atoms with Gasteiger partial charge in [0, 0.05) is 29.7 Å². The zero-order chi connectivity index (χ0) is 17.6. The van der Waals surface area contributed by atoms with E-state index in [1.807, 2.05) is 0 Å². The van der Waals surface area contributed by atoms with Gasteiger partial charge in [0.05, 0.1) is 12.0 Å². The molecule has 1 aromatic carbocycles. The van der Waals surface area contributed by atoms with E-state index < -0.39 is 0 Å². The molecule has 4 nitrogen and oxygen atoms in total. The molecule has 1 unspecified atom stereocenters. The van der Waals surface area contributed by atoms with E-state index in [-0.39, 0.29) is 0 Å². The lowest BCUT2D eigenvalue weighted by Crippen LogP contribution is -2.40. The Morgan fingerprint density at radius 2 is 2.16 bits per heavy atom. The van der Waals surface area contributed by atoms with Crippen LogP contribution >= 0.6 is 11.3 Å². The summed E-state index contributed by atoms with van der Waals surface area (Å²) in [4.78, 5) is 10.6. The van der Waals surface area contributed by atoms with Crippen LogP contribution in [-0.4, -0.2) is 44.0 Å². The van der Waals surface area contributed by atoms with Crippen molar-refractivity contribution in [1.29, 1.82) is 0 Å². The number of nitrogens with two attached hydrogens (primary N) is 1. The summed E-state index contributed by atoms with van der Waals surface area (Å²) in [6, 6.07) is 11.3. The molecule has 2 N–H and O–H groups in total. The minimum atomic E-state index is 0.674. The smallest absolute Gasteiger partial charge is 0.0860 e. The summed E-state index contributed by atoms with van der Waals surface area (Å²) in [6.07, 6.45) is 5.04. The van der Waals surface area contributed by atoms with Crippen LogP contribution in [0.1, 0.15) is 23.3 Å². The molecular weight excluding hydrogens is 328 g/mol. The van der Waals surface area contributed by atoms with Crippen LogP contribution in [-0.2, 0) is 6.42 Å². The summed E-state index contributed by atoms with van der Waals surface area (Å²) in [5, 5.41) is 2.08. The average molecular weight is 357 g/mol. The summed E-state index contributed by atoms with van der Waals surface area (Å²) < 4.78 is 0. The number of hydrogen-bond acceptors (Lipinski definition) is 4. The van der Waals surface area contributed by atoms with E-state index in [4.69, 9.17) is 5.73 Å². The normalized spacial score (nSPS) is 20.4. The molecule has 0 saturated carbocycles. The van der Waals surface area contributed by atoms with Crippen LogP contribution < -0.4 is 10.6 Å². The van der Waals surface area contributed by atoms with E-state index in [0.717, 1.165) is 12.1 Å². The van der Waals surface area contributed by atoms with Crippen molar-refractivity contribution in [2.75, 3.05) is 31.6 Å². The molecule has 1 aromatic heterocycles. The van der Waals surface area contributed by atoms with Gasteiger partial charge in [0.25, 0.3) is 0 Å². The van der Waals surface area contributed by atoms with Gasteiger partial charge in [-0.25, -0.2) is 4.99 Å². The topological polar surface area (TPSA) is 44.9 Å². The maximum Gasteiger partial charge on any atom is 0.0860 e. The lowest BCUT2D eigenvalue weighted by atomic mass is 9.99. The second kappa shape index (κ2) is 8.50. The molecule has 1 fully saturated rings. The Balaban J connectivity index is 0.000000258. The van der Waals surface area contributed by atoms with E-state index in [1.54, 1.807) is 11.3 Å². The highest BCUT2D eigenvalue weighted by atomic mass is 32.1. The van der Waals surface area contributed by atoms with Gasteiger partial charge in [0.2, 0.25) is 0 Å². The number of fused-ring (bicyclic) bond motifs is 1. The Bertz CT molecular complexity index is 696. The highest BCUT2D eigenvalue weighted by molar-refractivity contribution is 7.09. The zero-order valence-corrected chi connectivity index (χ0v) is 16.0. The standard InChI is InChI=1S/C15H22N4.C5H6S/c1-18-8-6-14(10-18)19-7-2-3-12-9-13(17-11-16)4-5-15(12)19;1-5-3-2-4-6-5/h4-5,9,11,14H,2-3,6-8,10H2,1H3,(H2,16,17);2-4H,1H3. The van der Waals surface area contributed by atoms with Crippen molar-refractivity contribution in [1.82, 2.24) is 4.90 Å². The van der Waals surface area contributed by atoms with E-state index in [0.29, 0.717) is 6.04 Å². The maximum absolute atomic E-state index is 5.37. The molecule has 0 radical (unpaired) electrons. The fourth-order valence-electron chi connectivity index (χ4n) is 3.69. The van der Waals surface area contributed by atoms with Gasteiger partial charge >= 0.3 is 0 Å². The van der Waals surface area contributed by atoms with Crippen LogP contribution in [0.15, 0.2) is 40.7 Å². The predicted molar refractivity (Wildman–Crippen MR) is 109 cm³/mol. The molecule has 1 saturated heterocycles. The summed E-state index contributed by atoms with van der Waals surface area (Å²) in [7, 11) is 2.21. The summed E-state index contributed by atoms with van der Waals surface area (Å²) >= 11 is 1.78. The lowest BCUT2D eigenvalue weighted by molar-refractivity contribution is 0.406. The van der Waals surface area contributed by atoms with Crippen LogP contribution in [0.4, 0.5) is 11.4 Å². The third kappa shape index (κ3) is 4.61. The Morgan fingerprint density at radius 1 is 1.28 bits per heavy atom. The number of anilines is 1. The van der Waals surface area contributed by atoms with Crippen molar-refractivity contribution in [3.05, 3.63) is 46.2 Å². The van der Waals surface area contributed by atoms with Gasteiger partial charge in [0.15, 0.2) is 0 Å². The number of likely N-dealkylation sites (tertiary alicyclic amines) is 1. The third-order valence-corrected chi connectivity index (χ3v) is 5.71. The van der Waals surface area contributed by atoms with Gasteiger partial charge in [-0.1, -0.05) is 6.07 Å². The lowest BCUT2D eigenvalue weighted by Gasteiger charge is -2.36. The first-order valence-electron chi connectivity index (χ1n) is 9.00. The van der Waals surface area contributed by atoms with E-state index >= 15 is 0 Å². The van der Waals surface area contributed by atoms with Crippen molar-refractivity contribution in [2.45, 2.75) is 32.2 Å². The highest BCUT2D eigenvalue weighted by Gasteiger charge is 2.28. The monoisotopic (exact) mass is 356 g/mol. The molecule has 0 spiro atoms. The number of hydrogen-bond donors (Lipinski definition) is 1. The minimum absolute atomic E-state index is 0.674. The van der Waals surface area contributed by atoms with E-state index in [1.165, 1.54) is 54.9 Å². The Kier molecular flexibility index (Phi) is 6.10. The number of rotatable bonds is 2. The quantitative estimate of drug-likeness (QED) is 0.657. The zero-order valence-electron chi connectivity index (χ0n) is 15.2. The molecule has 2 aliphatic heterocycles. The van der Waals surface area contributed by atoms with Gasteiger partial charge in [-0.2, -0.15) is 0 Å². The van der Waals surface area contributed by atoms with Gasteiger partial charge < -0.3 is 15.5 Å². The van der Waals surface area contributed by atoms with Crippen molar-refractivity contribution >= 4 is 29.1 Å². The second-order valence-corrected chi connectivity index (χ2v) is 7.97. The number of nitrogens with zero attached hydrogens (tertiary/aromatic N) is 3. The fourth-order valence-corrected chi connectivity index (χ4v) is 4.21. The Hall–Kier alpha value is -1.85. The molecule has 2 aromatic rings. The Labute approximate surface area is 155 Å². The first kappa shape index (κ1) is 18.0. The Morgan fingerprint density at radius 3 is 2.76 bits per heavy atom. The van der Waals surface area contributed by atoms with Crippen molar-refractivity contribution in [2.24, 2.45) is 10.7 Å². The van der Waals surface area contributed by atoms with Crippen LogP contribution in [0.5, 0.6) is 0 Å². The maximum atomic E-state index is 5.37. The molecule has 4 rings (SSSR count). The SMILES string of the molecule is CN1CCC(N2CCCc3cc(N=CN)ccc32)C1.Cc1cccs1. The largest absolute Gasteiger partial charge is 0.390 e. The van der Waals surface area contributed by atoms with Crippen LogP contribution in [0, 0.1) is 6.92 Å². The number of aliphatic imine (C=N–C) groups is 1. The second-order valence-electron chi connectivity index (χ2n) is 6.82. The molecule has 1 atom stereocenters. The molecule has 134 valence electrons. The van der Waals surface area contributed by atoms with Crippen LogP contribution in [0.3, 0.4) is 0 Å². The van der Waals surface area contributed by atoms with Crippen LogP contribution in [0.25, 0.3) is 0 Å². The van der Waals surface area contributed by atoms with Gasteiger partial charge in [-0.3, -0.25) is 0 Å². The van der Waals surface area contributed by atoms with Gasteiger partial charge in [0.1, 0.15) is 0 Å². The van der Waals surface area contributed by atoms with E-state index in [2.05, 4.69) is 64.5 Å². The summed E-state index contributed by atoms with van der Waals surface area (Å²) in [5.41, 5.74) is 9.16. The predicted octanol–water partition coefficient (Wildman–Crippen LogP) is 3.82. The average Bonchev–Trinajstić information content (AvgIpc) is 3.26. The molecule has 0 amide bonds. The van der Waals surface area contributed by atoms with Crippen molar-refractivity contribution < 1.29 is 0 Å². The third-order valence-electron chi connectivity index (χ3n) is 4.91. The van der Waals surface area contributed by atoms with Gasteiger partial charge in [-0.05, 0) is 75.0 Å². The fraction of sp³-hybridized carbons (Fsp3) is 0.450. The number of likely N-dealkylation sites (N-methyl/N-ethyl adjacent to an activating group) is 1. The molecule has 3 heterocycles. The number of benzene rings is 1. The van der Waals surface area contributed by atoms with E-state index in [9.17, 15) is 0 Å². The molecule has 25 heavy (non-hydrogen) atoms. The van der Waals surface area contributed by atoms with Crippen molar-refractivity contribution in [3.63, 3.8) is 0 Å². The number of thiophene rings is 1. The first-order valence-corrected chi connectivity index (χ1v) is 9.88. The molecular formula is C20H28N4S. The molecule has 2 aliphatic rings. The van der Waals surface area contributed by atoms with Gasteiger partial charge in [-0.15, -0.1) is 11.3 Å². The summed E-state index contributed by atoms with van der Waals surface area (Å²) in [5.74, 6) is 0. The first-order chi connectivity index (χ1) is 12.2. The number of aryl methyl sites for hydroxylation is 2. The minimum Gasteiger partial charge on any atom is -0.390 e. The molecule has 0 bridgehead atoms. The van der Waals surface area contributed by atoms with Crippen molar-refractivity contribution in [3.8, 4) is 0 Å². The molecule has 0 aliphatic carbocycles. The highest BCUT2D eigenvalue weighted by Crippen LogP contribution is 2.33.